The molecule has 5 heteroatoms. The van der Waals surface area contributed by atoms with E-state index in [-0.39, 0.29) is 0 Å². The maximum atomic E-state index is 11.1. The lowest BCUT2D eigenvalue weighted by Crippen LogP contribution is -2.36. The van der Waals surface area contributed by atoms with Gasteiger partial charge in [0.2, 0.25) is 5.79 Å². The van der Waals surface area contributed by atoms with Gasteiger partial charge in [-0.2, -0.15) is 4.21 Å². The Morgan fingerprint density at radius 3 is 2.48 bits per heavy atom. The number of hydrogen-bond donors (Lipinski definition) is 1. The second kappa shape index (κ2) is 7.93. The van der Waals surface area contributed by atoms with Crippen LogP contribution in [0.5, 0.6) is 5.75 Å². The van der Waals surface area contributed by atoms with Gasteiger partial charge in [-0.3, -0.25) is 4.55 Å². The predicted molar refractivity (Wildman–Crippen MR) is 90.8 cm³/mol. The lowest BCUT2D eigenvalue weighted by Gasteiger charge is -2.29. The van der Waals surface area contributed by atoms with E-state index >= 15 is 0 Å². The molecule has 0 heterocycles. The number of benzene rings is 2. The van der Waals surface area contributed by atoms with Gasteiger partial charge in [-0.15, -0.1) is 12.3 Å². The molecular weight excluding hydrogens is 312 g/mol. The fourth-order valence-corrected chi connectivity index (χ4v) is 2.62. The quantitative estimate of drug-likeness (QED) is 0.473. The Hall–Kier alpha value is -2.13. The lowest BCUT2D eigenvalue weighted by molar-refractivity contribution is -0.0980. The minimum absolute atomic E-state index is 0.291. The molecule has 0 aliphatic carbocycles. The van der Waals surface area contributed by atoms with E-state index in [1.165, 1.54) is 0 Å². The summed E-state index contributed by atoms with van der Waals surface area (Å²) in [7, 11) is 0. The molecule has 120 valence electrons. The Kier molecular flexibility index (Phi) is 5.94. The topological polar surface area (TPSA) is 55.8 Å². The Morgan fingerprint density at radius 1 is 1.17 bits per heavy atom. The summed E-state index contributed by atoms with van der Waals surface area (Å²) in [6.07, 6.45) is 5.93. The molecular formula is C18H18O4S. The largest absolute Gasteiger partial charge is 0.461 e. The van der Waals surface area contributed by atoms with E-state index in [0.29, 0.717) is 18.6 Å². The molecule has 0 amide bonds. The number of para-hydroxylation sites is 1. The molecule has 23 heavy (non-hydrogen) atoms. The van der Waals surface area contributed by atoms with Crippen LogP contribution in [0.25, 0.3) is 11.1 Å². The van der Waals surface area contributed by atoms with Crippen LogP contribution < -0.4 is 4.74 Å². The fraction of sp³-hybridized carbons (Fsp3) is 0.222. The van der Waals surface area contributed by atoms with E-state index in [1.54, 1.807) is 13.0 Å². The minimum atomic E-state index is -2.46. The molecule has 4 nitrogen and oxygen atoms in total. The van der Waals surface area contributed by atoms with Crippen LogP contribution in [0, 0.1) is 12.3 Å². The third-order valence-corrected chi connectivity index (χ3v) is 3.76. The SMILES string of the molecule is C#CCCC(C)(Oc1ccccc1-c1ccccc1)OS(=O)O. The average molecular weight is 330 g/mol. The number of hydrogen-bond acceptors (Lipinski definition) is 3. The van der Waals surface area contributed by atoms with Gasteiger partial charge in [0.1, 0.15) is 5.75 Å². The Balaban J connectivity index is 2.34. The van der Waals surface area contributed by atoms with Crippen molar-refractivity contribution in [2.24, 2.45) is 0 Å². The molecule has 2 aromatic rings. The Bertz CT molecular complexity index is 708. The third kappa shape index (κ3) is 4.93. The Labute approximate surface area is 138 Å². The number of rotatable bonds is 7. The second-order valence-electron chi connectivity index (χ2n) is 5.10. The third-order valence-electron chi connectivity index (χ3n) is 3.27. The smallest absolute Gasteiger partial charge is 0.305 e. The van der Waals surface area contributed by atoms with Gasteiger partial charge < -0.3 is 4.74 Å². The highest BCUT2D eigenvalue weighted by Gasteiger charge is 2.30. The van der Waals surface area contributed by atoms with Crippen LogP contribution in [-0.2, 0) is 15.5 Å². The van der Waals surface area contributed by atoms with Gasteiger partial charge in [0.15, 0.2) is 0 Å². The van der Waals surface area contributed by atoms with Crippen LogP contribution in [0.4, 0.5) is 0 Å². The van der Waals surface area contributed by atoms with Crippen LogP contribution in [0.1, 0.15) is 19.8 Å². The maximum Gasteiger partial charge on any atom is 0.305 e. The average Bonchev–Trinajstić information content (AvgIpc) is 2.53. The zero-order valence-corrected chi connectivity index (χ0v) is 13.6. The van der Waals surface area contributed by atoms with E-state index < -0.39 is 17.1 Å². The normalized spacial score (nSPS) is 14.5. The number of ether oxygens (including phenoxy) is 1. The fourth-order valence-electron chi connectivity index (χ4n) is 2.20. The molecule has 0 spiro atoms. The first-order valence-corrected chi connectivity index (χ1v) is 8.14. The van der Waals surface area contributed by atoms with E-state index in [1.807, 2.05) is 48.5 Å². The highest BCUT2D eigenvalue weighted by molar-refractivity contribution is 7.74. The summed E-state index contributed by atoms with van der Waals surface area (Å²) < 4.78 is 31.1. The first-order chi connectivity index (χ1) is 11.0. The van der Waals surface area contributed by atoms with Crippen molar-refractivity contribution in [2.45, 2.75) is 25.6 Å². The Morgan fingerprint density at radius 2 is 1.83 bits per heavy atom. The van der Waals surface area contributed by atoms with Gasteiger partial charge in [0, 0.05) is 25.3 Å². The summed E-state index contributed by atoms with van der Waals surface area (Å²) in [6, 6.07) is 17.2. The van der Waals surface area contributed by atoms with Crippen molar-refractivity contribution < 1.29 is 17.7 Å². The molecule has 0 aliphatic heterocycles. The van der Waals surface area contributed by atoms with Gasteiger partial charge >= 0.3 is 11.4 Å². The van der Waals surface area contributed by atoms with Crippen LogP contribution >= 0.6 is 0 Å². The van der Waals surface area contributed by atoms with E-state index in [9.17, 15) is 4.21 Å². The highest BCUT2D eigenvalue weighted by Crippen LogP contribution is 2.33. The molecule has 2 unspecified atom stereocenters. The monoisotopic (exact) mass is 330 g/mol. The molecule has 2 atom stereocenters. The summed E-state index contributed by atoms with van der Waals surface area (Å²) in [5, 5.41) is 0. The molecule has 0 bridgehead atoms. The van der Waals surface area contributed by atoms with Crippen molar-refractivity contribution in [3.8, 4) is 29.2 Å². The summed E-state index contributed by atoms with van der Waals surface area (Å²) >= 11 is -2.46. The van der Waals surface area contributed by atoms with Gasteiger partial charge in [0.05, 0.1) is 0 Å². The molecule has 0 aromatic heterocycles. The molecule has 0 saturated carbocycles. The summed E-state index contributed by atoms with van der Waals surface area (Å²) in [4.78, 5) is 0. The van der Waals surface area contributed by atoms with Gasteiger partial charge in [-0.1, -0.05) is 48.5 Å². The van der Waals surface area contributed by atoms with Crippen LogP contribution in [-0.4, -0.2) is 14.5 Å². The molecule has 2 aromatic carbocycles. The van der Waals surface area contributed by atoms with Crippen LogP contribution in [0.2, 0.25) is 0 Å². The van der Waals surface area contributed by atoms with Crippen molar-refractivity contribution >= 4 is 11.4 Å². The van der Waals surface area contributed by atoms with E-state index in [0.717, 1.165) is 11.1 Å². The summed E-state index contributed by atoms with van der Waals surface area (Å²) in [5.74, 6) is 1.75. The van der Waals surface area contributed by atoms with Gasteiger partial charge in [-0.25, -0.2) is 4.18 Å². The predicted octanol–water partition coefficient (Wildman–Crippen LogP) is 4.02. The standard InChI is InChI=1S/C18H18O4S/c1-3-4-14-18(2,22-23(19)20)21-17-13-9-8-12-16(17)15-10-6-5-7-11-15/h1,5-13H,4,14H2,2H3,(H,19,20). The lowest BCUT2D eigenvalue weighted by atomic mass is 10.0. The molecule has 0 radical (unpaired) electrons. The van der Waals surface area contributed by atoms with E-state index in [2.05, 4.69) is 5.92 Å². The minimum Gasteiger partial charge on any atom is -0.461 e. The molecule has 1 N–H and O–H groups in total. The van der Waals surface area contributed by atoms with Gasteiger partial charge in [-0.05, 0) is 11.6 Å². The second-order valence-corrected chi connectivity index (χ2v) is 5.70. The first kappa shape index (κ1) is 17.2. The summed E-state index contributed by atoms with van der Waals surface area (Å²) in [5.41, 5.74) is 1.85. The zero-order valence-electron chi connectivity index (χ0n) is 12.8. The van der Waals surface area contributed by atoms with Crippen molar-refractivity contribution in [3.05, 3.63) is 54.6 Å². The first-order valence-electron chi connectivity index (χ1n) is 7.11. The molecule has 0 fully saturated rings. The van der Waals surface area contributed by atoms with Crippen molar-refractivity contribution in [2.75, 3.05) is 0 Å². The number of terminal acetylenes is 1. The van der Waals surface area contributed by atoms with Gasteiger partial charge in [0.25, 0.3) is 0 Å². The molecule has 0 saturated heterocycles. The van der Waals surface area contributed by atoms with Crippen molar-refractivity contribution in [3.63, 3.8) is 0 Å². The van der Waals surface area contributed by atoms with Crippen molar-refractivity contribution in [1.29, 1.82) is 0 Å². The molecule has 0 aliphatic rings. The maximum absolute atomic E-state index is 11.1. The molecule has 2 rings (SSSR count). The van der Waals surface area contributed by atoms with Crippen LogP contribution in [0.15, 0.2) is 54.6 Å². The highest BCUT2D eigenvalue weighted by atomic mass is 32.2. The van der Waals surface area contributed by atoms with Crippen LogP contribution in [0.3, 0.4) is 0 Å². The van der Waals surface area contributed by atoms with E-state index in [4.69, 9.17) is 19.9 Å². The van der Waals surface area contributed by atoms with Crippen molar-refractivity contribution in [1.82, 2.24) is 0 Å². The summed E-state index contributed by atoms with van der Waals surface area (Å²) in [6.45, 7) is 1.60. The zero-order chi connectivity index (χ0) is 16.7.